The van der Waals surface area contributed by atoms with Gasteiger partial charge in [0, 0.05) is 15.1 Å². The monoisotopic (exact) mass is 348 g/mol. The maximum absolute atomic E-state index is 12.5. The zero-order valence-electron chi connectivity index (χ0n) is 10.4. The number of Topliss-reactive ketones (excluding diaryl/α,β-unsaturated/α-hetero) is 1. The number of hydrogen-bond donors (Lipinski definition) is 0. The molecule has 3 rings (SSSR count). The van der Waals surface area contributed by atoms with Crippen molar-refractivity contribution in [2.75, 3.05) is 6.61 Å². The average Bonchev–Trinajstić information content (AvgIpc) is 2.45. The summed E-state index contributed by atoms with van der Waals surface area (Å²) in [6.07, 6.45) is 1.79. The number of fused-ring (bicyclic) bond motifs is 1. The molecule has 0 atom stereocenters. The van der Waals surface area contributed by atoms with Gasteiger partial charge in [0.2, 0.25) is 0 Å². The number of carbonyl (C=O) groups excluding carboxylic acids is 1. The van der Waals surface area contributed by atoms with Gasteiger partial charge in [0.15, 0.2) is 5.78 Å². The Morgan fingerprint density at radius 2 is 2.00 bits per heavy atom. The highest BCUT2D eigenvalue weighted by Gasteiger charge is 2.23. The van der Waals surface area contributed by atoms with Crippen molar-refractivity contribution in [2.24, 2.45) is 0 Å². The van der Waals surface area contributed by atoms with Gasteiger partial charge in [-0.1, -0.05) is 45.7 Å². The van der Waals surface area contributed by atoms with E-state index in [-0.39, 0.29) is 12.4 Å². The maximum atomic E-state index is 12.5. The number of rotatable bonds is 1. The number of carbonyl (C=O) groups is 1. The molecule has 20 heavy (non-hydrogen) atoms. The van der Waals surface area contributed by atoms with Gasteiger partial charge in [0.1, 0.15) is 12.4 Å². The minimum atomic E-state index is -0.0209. The normalized spacial score (nSPS) is 15.9. The Hall–Kier alpha value is -1.58. The molecular formula is C16H10BrClO2. The third-order valence-electron chi connectivity index (χ3n) is 3.10. The van der Waals surface area contributed by atoms with Crippen molar-refractivity contribution >= 4 is 39.4 Å². The highest BCUT2D eigenvalue weighted by atomic mass is 79.9. The second-order valence-electron chi connectivity index (χ2n) is 4.45. The number of benzene rings is 2. The second-order valence-corrected chi connectivity index (χ2v) is 5.77. The smallest absolute Gasteiger partial charge is 0.196 e. The van der Waals surface area contributed by atoms with Crippen LogP contribution < -0.4 is 4.74 Å². The van der Waals surface area contributed by atoms with Crippen molar-refractivity contribution in [1.29, 1.82) is 0 Å². The molecule has 0 N–H and O–H groups in total. The molecule has 0 saturated carbocycles. The quantitative estimate of drug-likeness (QED) is 0.694. The first-order chi connectivity index (χ1) is 9.65. The molecule has 0 bridgehead atoms. The molecule has 1 heterocycles. The summed E-state index contributed by atoms with van der Waals surface area (Å²) in [6.45, 7) is 0.263. The fraction of sp³-hybridized carbons (Fsp3) is 0.0625. The SMILES string of the molecule is O=C1/C(=C/c2ccccc2Cl)COc2ccc(Br)cc21. The van der Waals surface area contributed by atoms with E-state index in [0.29, 0.717) is 21.9 Å². The van der Waals surface area contributed by atoms with Gasteiger partial charge in [-0.05, 0) is 35.9 Å². The molecule has 0 unspecified atom stereocenters. The van der Waals surface area contributed by atoms with Crippen molar-refractivity contribution in [2.45, 2.75) is 0 Å². The summed E-state index contributed by atoms with van der Waals surface area (Å²) < 4.78 is 6.47. The van der Waals surface area contributed by atoms with Crippen molar-refractivity contribution in [3.63, 3.8) is 0 Å². The Morgan fingerprint density at radius 1 is 1.20 bits per heavy atom. The number of halogens is 2. The van der Waals surface area contributed by atoms with Gasteiger partial charge < -0.3 is 4.74 Å². The molecule has 0 fully saturated rings. The van der Waals surface area contributed by atoms with Crippen LogP contribution in [0.15, 0.2) is 52.5 Å². The lowest BCUT2D eigenvalue weighted by Crippen LogP contribution is -2.19. The van der Waals surface area contributed by atoms with Crippen molar-refractivity contribution in [3.05, 3.63) is 68.7 Å². The van der Waals surface area contributed by atoms with Gasteiger partial charge in [-0.3, -0.25) is 4.79 Å². The highest BCUT2D eigenvalue weighted by molar-refractivity contribution is 9.10. The van der Waals surface area contributed by atoms with Crippen LogP contribution in [-0.4, -0.2) is 12.4 Å². The van der Waals surface area contributed by atoms with E-state index in [1.807, 2.05) is 24.3 Å². The van der Waals surface area contributed by atoms with Crippen LogP contribution >= 0.6 is 27.5 Å². The summed E-state index contributed by atoms with van der Waals surface area (Å²) in [6, 6.07) is 12.8. The van der Waals surface area contributed by atoms with E-state index in [4.69, 9.17) is 16.3 Å². The molecule has 0 amide bonds. The first-order valence-corrected chi connectivity index (χ1v) is 7.24. The van der Waals surface area contributed by atoms with Crippen LogP contribution in [0.25, 0.3) is 6.08 Å². The third-order valence-corrected chi connectivity index (χ3v) is 3.93. The van der Waals surface area contributed by atoms with Gasteiger partial charge in [-0.2, -0.15) is 0 Å². The topological polar surface area (TPSA) is 26.3 Å². The lowest BCUT2D eigenvalue weighted by molar-refractivity contribution is 0.100. The van der Waals surface area contributed by atoms with Gasteiger partial charge in [0.25, 0.3) is 0 Å². The Balaban J connectivity index is 2.02. The largest absolute Gasteiger partial charge is 0.488 e. The zero-order valence-corrected chi connectivity index (χ0v) is 12.7. The lowest BCUT2D eigenvalue weighted by Gasteiger charge is -2.19. The van der Waals surface area contributed by atoms with Crippen LogP contribution in [0.2, 0.25) is 5.02 Å². The number of ether oxygens (including phenoxy) is 1. The molecular weight excluding hydrogens is 340 g/mol. The van der Waals surface area contributed by atoms with Gasteiger partial charge in [0.05, 0.1) is 5.56 Å². The van der Waals surface area contributed by atoms with Crippen LogP contribution in [-0.2, 0) is 0 Å². The van der Waals surface area contributed by atoms with Gasteiger partial charge in [-0.25, -0.2) is 0 Å². The minimum absolute atomic E-state index is 0.0209. The van der Waals surface area contributed by atoms with Crippen molar-refractivity contribution in [3.8, 4) is 5.75 Å². The van der Waals surface area contributed by atoms with E-state index in [2.05, 4.69) is 15.9 Å². The summed E-state index contributed by atoms with van der Waals surface area (Å²) in [5, 5.41) is 0.618. The van der Waals surface area contributed by atoms with E-state index in [9.17, 15) is 4.79 Å². The fourth-order valence-corrected chi connectivity index (χ4v) is 2.64. The van der Waals surface area contributed by atoms with Crippen LogP contribution in [0.3, 0.4) is 0 Å². The predicted octanol–water partition coefficient (Wildman–Crippen LogP) is 4.76. The molecule has 100 valence electrons. The molecule has 0 aliphatic carbocycles. The Morgan fingerprint density at radius 3 is 2.80 bits per heavy atom. The zero-order chi connectivity index (χ0) is 14.1. The average molecular weight is 350 g/mol. The predicted molar refractivity (Wildman–Crippen MR) is 83.4 cm³/mol. The molecule has 4 heteroatoms. The van der Waals surface area contributed by atoms with E-state index in [1.165, 1.54) is 0 Å². The van der Waals surface area contributed by atoms with Crippen LogP contribution in [0.4, 0.5) is 0 Å². The summed E-state index contributed by atoms with van der Waals surface area (Å²) in [5.74, 6) is 0.599. The van der Waals surface area contributed by atoms with Gasteiger partial charge in [-0.15, -0.1) is 0 Å². The lowest BCUT2D eigenvalue weighted by atomic mass is 9.98. The van der Waals surface area contributed by atoms with E-state index in [0.717, 1.165) is 10.0 Å². The summed E-state index contributed by atoms with van der Waals surface area (Å²) in [7, 11) is 0. The molecule has 0 saturated heterocycles. The molecule has 0 spiro atoms. The number of hydrogen-bond acceptors (Lipinski definition) is 2. The van der Waals surface area contributed by atoms with E-state index < -0.39 is 0 Å². The molecule has 0 radical (unpaired) electrons. The molecule has 2 nitrogen and oxygen atoms in total. The van der Waals surface area contributed by atoms with Gasteiger partial charge >= 0.3 is 0 Å². The summed E-state index contributed by atoms with van der Waals surface area (Å²) in [4.78, 5) is 12.5. The standard InChI is InChI=1S/C16H10BrClO2/c17-12-5-6-15-13(8-12)16(19)11(9-20-15)7-10-3-1-2-4-14(10)18/h1-8H,9H2/b11-7+. The molecule has 1 aliphatic rings. The van der Waals surface area contributed by atoms with Crippen LogP contribution in [0, 0.1) is 0 Å². The number of ketones is 1. The Bertz CT molecular complexity index is 722. The third kappa shape index (κ3) is 2.51. The summed E-state index contributed by atoms with van der Waals surface area (Å²) >= 11 is 9.48. The highest BCUT2D eigenvalue weighted by Crippen LogP contribution is 2.31. The first-order valence-electron chi connectivity index (χ1n) is 6.07. The Kier molecular flexibility index (Phi) is 3.64. The molecule has 1 aliphatic heterocycles. The van der Waals surface area contributed by atoms with Crippen LogP contribution in [0.1, 0.15) is 15.9 Å². The van der Waals surface area contributed by atoms with Crippen molar-refractivity contribution in [1.82, 2.24) is 0 Å². The van der Waals surface area contributed by atoms with Crippen molar-refractivity contribution < 1.29 is 9.53 Å². The van der Waals surface area contributed by atoms with Crippen LogP contribution in [0.5, 0.6) is 5.75 Å². The Labute approximate surface area is 130 Å². The first kappa shape index (κ1) is 13.4. The minimum Gasteiger partial charge on any atom is -0.488 e. The molecule has 2 aromatic rings. The molecule has 2 aromatic carbocycles. The second kappa shape index (κ2) is 5.43. The molecule has 0 aromatic heterocycles. The fourth-order valence-electron chi connectivity index (χ4n) is 2.09. The summed E-state index contributed by atoms with van der Waals surface area (Å²) in [5.41, 5.74) is 1.99. The van der Waals surface area contributed by atoms with E-state index in [1.54, 1.807) is 24.3 Å². The maximum Gasteiger partial charge on any atom is 0.196 e. The van der Waals surface area contributed by atoms with E-state index >= 15 is 0 Å².